The molecule has 2 rings (SSSR count). The molecule has 15 heavy (non-hydrogen) atoms. The number of carbonyl (C=O) groups excluding carboxylic acids is 1. The van der Waals surface area contributed by atoms with Crippen molar-refractivity contribution in [3.05, 3.63) is 29.8 Å². The molecule has 1 aromatic carbocycles. The van der Waals surface area contributed by atoms with Crippen molar-refractivity contribution < 1.29 is 10.0 Å². The van der Waals surface area contributed by atoms with Gasteiger partial charge in [-0.25, -0.2) is 5.48 Å². The molecular formula is C10H13N3O2. The summed E-state index contributed by atoms with van der Waals surface area (Å²) in [5.74, 6) is 0.0519. The molecule has 1 saturated heterocycles. The summed E-state index contributed by atoms with van der Waals surface area (Å²) in [6, 6.07) is 7.64. The van der Waals surface area contributed by atoms with Crippen LogP contribution >= 0.6 is 0 Å². The molecule has 1 amide bonds. The summed E-state index contributed by atoms with van der Waals surface area (Å²) in [7, 11) is 0. The Balaban J connectivity index is 2.06. The first-order valence-electron chi connectivity index (χ1n) is 4.82. The van der Waals surface area contributed by atoms with Gasteiger partial charge in [-0.05, 0) is 17.7 Å². The maximum atomic E-state index is 11.0. The Morgan fingerprint density at radius 1 is 1.40 bits per heavy atom. The summed E-state index contributed by atoms with van der Waals surface area (Å²) in [5.41, 5.74) is 6.80. The third-order valence-electron chi connectivity index (χ3n) is 2.35. The zero-order chi connectivity index (χ0) is 10.7. The number of benzene rings is 1. The molecule has 5 nitrogen and oxygen atoms in total. The smallest absolute Gasteiger partial charge is 0.240 e. The van der Waals surface area contributed by atoms with Crippen LogP contribution in [0.2, 0.25) is 0 Å². The predicted octanol–water partition coefficient (Wildman–Crippen LogP) is 0.407. The Morgan fingerprint density at radius 3 is 2.67 bits per heavy atom. The lowest BCUT2D eigenvalue weighted by molar-refractivity contribution is -0.119. The molecule has 0 aliphatic carbocycles. The monoisotopic (exact) mass is 207 g/mol. The first kappa shape index (κ1) is 9.95. The van der Waals surface area contributed by atoms with Crippen molar-refractivity contribution in [2.24, 2.45) is 0 Å². The first-order valence-corrected chi connectivity index (χ1v) is 4.82. The fourth-order valence-corrected chi connectivity index (χ4v) is 1.55. The number of anilines is 1. The number of hydrazine groups is 1. The van der Waals surface area contributed by atoms with Gasteiger partial charge in [-0.1, -0.05) is 12.1 Å². The maximum absolute atomic E-state index is 11.0. The van der Waals surface area contributed by atoms with Crippen molar-refractivity contribution in [2.45, 2.75) is 13.0 Å². The summed E-state index contributed by atoms with van der Waals surface area (Å²) >= 11 is 0. The average Bonchev–Trinajstić information content (AvgIpc) is 2.67. The van der Waals surface area contributed by atoms with Crippen molar-refractivity contribution in [3.8, 4) is 0 Å². The van der Waals surface area contributed by atoms with E-state index in [1.807, 2.05) is 29.3 Å². The number of carbonyl (C=O) groups is 1. The Labute approximate surface area is 87.6 Å². The van der Waals surface area contributed by atoms with E-state index in [0.717, 1.165) is 11.3 Å². The summed E-state index contributed by atoms with van der Waals surface area (Å²) in [6.07, 6.45) is 0.542. The second-order valence-corrected chi connectivity index (χ2v) is 3.44. The molecule has 1 aliphatic heterocycles. The van der Waals surface area contributed by atoms with Gasteiger partial charge in [-0.15, -0.1) is 0 Å². The number of nitrogens with zero attached hydrogens (tertiary/aromatic N) is 1. The highest BCUT2D eigenvalue weighted by atomic mass is 16.5. The van der Waals surface area contributed by atoms with Gasteiger partial charge in [-0.3, -0.25) is 15.2 Å². The number of rotatable bonds is 3. The molecule has 1 fully saturated rings. The van der Waals surface area contributed by atoms with E-state index >= 15 is 0 Å². The second kappa shape index (κ2) is 4.29. The number of nitrogens with one attached hydrogen (secondary N) is 2. The quantitative estimate of drug-likeness (QED) is 0.628. The highest BCUT2D eigenvalue weighted by Gasteiger charge is 2.17. The predicted molar refractivity (Wildman–Crippen MR) is 55.2 cm³/mol. The van der Waals surface area contributed by atoms with Crippen LogP contribution in [0.4, 0.5) is 5.69 Å². The third-order valence-corrected chi connectivity index (χ3v) is 2.35. The molecule has 0 atom stereocenters. The fraction of sp³-hybridized carbons (Fsp3) is 0.300. The van der Waals surface area contributed by atoms with E-state index in [1.54, 1.807) is 0 Å². The van der Waals surface area contributed by atoms with Gasteiger partial charge in [-0.2, -0.15) is 0 Å². The molecule has 80 valence electrons. The van der Waals surface area contributed by atoms with E-state index in [4.69, 9.17) is 5.21 Å². The zero-order valence-corrected chi connectivity index (χ0v) is 8.23. The molecule has 0 bridgehead atoms. The summed E-state index contributed by atoms with van der Waals surface area (Å²) < 4.78 is 0. The minimum absolute atomic E-state index is 0.0519. The van der Waals surface area contributed by atoms with Gasteiger partial charge in [0.1, 0.15) is 0 Å². The minimum Gasteiger partial charge on any atom is -0.316 e. The molecule has 0 saturated carbocycles. The molecule has 3 N–H and O–H groups in total. The molecule has 1 aromatic rings. The molecule has 0 radical (unpaired) electrons. The van der Waals surface area contributed by atoms with Crippen LogP contribution in [0.25, 0.3) is 0 Å². The highest BCUT2D eigenvalue weighted by Crippen LogP contribution is 2.16. The summed E-state index contributed by atoms with van der Waals surface area (Å²) in [5, 5.41) is 10.3. The van der Waals surface area contributed by atoms with Crippen molar-refractivity contribution in [2.75, 3.05) is 11.6 Å². The molecule has 0 aromatic heterocycles. The summed E-state index contributed by atoms with van der Waals surface area (Å²) in [6.45, 7) is 1.13. The van der Waals surface area contributed by atoms with Crippen LogP contribution in [-0.2, 0) is 11.3 Å². The summed E-state index contributed by atoms with van der Waals surface area (Å²) in [4.78, 5) is 11.0. The van der Waals surface area contributed by atoms with Crippen LogP contribution in [0.1, 0.15) is 12.0 Å². The highest BCUT2D eigenvalue weighted by molar-refractivity contribution is 5.81. The molecule has 5 heteroatoms. The van der Waals surface area contributed by atoms with Crippen LogP contribution in [0.3, 0.4) is 0 Å². The van der Waals surface area contributed by atoms with Gasteiger partial charge in [0, 0.05) is 19.5 Å². The Bertz CT molecular complexity index is 350. The van der Waals surface area contributed by atoms with E-state index in [2.05, 4.69) is 10.9 Å². The average molecular weight is 207 g/mol. The zero-order valence-electron chi connectivity index (χ0n) is 8.23. The van der Waals surface area contributed by atoms with E-state index in [1.165, 1.54) is 0 Å². The molecule has 1 aliphatic rings. The Morgan fingerprint density at radius 2 is 2.13 bits per heavy atom. The Hall–Kier alpha value is -1.59. The lowest BCUT2D eigenvalue weighted by atomic mass is 10.2. The van der Waals surface area contributed by atoms with Gasteiger partial charge in [0.05, 0.1) is 5.69 Å². The van der Waals surface area contributed by atoms with Gasteiger partial charge in [0.2, 0.25) is 5.91 Å². The van der Waals surface area contributed by atoms with Crippen LogP contribution < -0.4 is 15.9 Å². The Kier molecular flexibility index (Phi) is 2.84. The minimum atomic E-state index is 0.0519. The van der Waals surface area contributed by atoms with Gasteiger partial charge < -0.3 is 5.21 Å². The standard InChI is InChI=1S/C10H13N3O2/c14-10-5-6-13(12-10)9-3-1-8(2-4-9)7-11-15/h1-4,11,15H,5-7H2,(H,12,14). The third kappa shape index (κ3) is 2.26. The number of hydrogen-bond donors (Lipinski definition) is 3. The van der Waals surface area contributed by atoms with Crippen molar-refractivity contribution >= 4 is 11.6 Å². The van der Waals surface area contributed by atoms with E-state index in [-0.39, 0.29) is 5.91 Å². The second-order valence-electron chi connectivity index (χ2n) is 3.44. The fourth-order valence-electron chi connectivity index (χ4n) is 1.55. The normalized spacial score (nSPS) is 15.5. The first-order chi connectivity index (χ1) is 7.29. The number of hydroxylamine groups is 1. The van der Waals surface area contributed by atoms with E-state index < -0.39 is 0 Å². The largest absolute Gasteiger partial charge is 0.316 e. The lowest BCUT2D eigenvalue weighted by Crippen LogP contribution is -2.32. The molecule has 0 unspecified atom stereocenters. The van der Waals surface area contributed by atoms with Crippen molar-refractivity contribution in [1.82, 2.24) is 10.9 Å². The van der Waals surface area contributed by atoms with Crippen LogP contribution in [0.15, 0.2) is 24.3 Å². The van der Waals surface area contributed by atoms with Gasteiger partial charge in [0.25, 0.3) is 0 Å². The van der Waals surface area contributed by atoms with E-state index in [0.29, 0.717) is 19.5 Å². The van der Waals surface area contributed by atoms with Crippen LogP contribution in [0.5, 0.6) is 0 Å². The van der Waals surface area contributed by atoms with Crippen LogP contribution in [0, 0.1) is 0 Å². The van der Waals surface area contributed by atoms with Crippen molar-refractivity contribution in [1.29, 1.82) is 0 Å². The number of hydrogen-bond acceptors (Lipinski definition) is 4. The lowest BCUT2D eigenvalue weighted by Gasteiger charge is -2.17. The maximum Gasteiger partial charge on any atom is 0.240 e. The topological polar surface area (TPSA) is 64.6 Å². The molecule has 1 heterocycles. The van der Waals surface area contributed by atoms with E-state index in [9.17, 15) is 4.79 Å². The SMILES string of the molecule is O=C1CCN(c2ccc(CNO)cc2)N1. The van der Waals surface area contributed by atoms with Gasteiger partial charge in [0.15, 0.2) is 0 Å². The molecule has 0 spiro atoms. The van der Waals surface area contributed by atoms with Gasteiger partial charge >= 0.3 is 0 Å². The molecular weight excluding hydrogens is 194 g/mol. The number of amides is 1. The van der Waals surface area contributed by atoms with Crippen LogP contribution in [-0.4, -0.2) is 17.7 Å². The van der Waals surface area contributed by atoms with Crippen molar-refractivity contribution in [3.63, 3.8) is 0 Å².